The minimum Gasteiger partial charge on any atom is -0.478 e. The molecule has 1 N–H and O–H groups in total. The molecule has 0 saturated heterocycles. The molecule has 0 unspecified atom stereocenters. The average molecular weight is 367 g/mol. The van der Waals surface area contributed by atoms with Crippen molar-refractivity contribution in [3.05, 3.63) is 47.3 Å². The van der Waals surface area contributed by atoms with Crippen LogP contribution in [0.3, 0.4) is 0 Å². The number of nitrogens with zero attached hydrogens (tertiary/aromatic N) is 3. The maximum atomic E-state index is 13.3. The van der Waals surface area contributed by atoms with E-state index in [4.69, 9.17) is 5.11 Å². The molecule has 1 saturated carbocycles. The van der Waals surface area contributed by atoms with Crippen LogP contribution in [-0.2, 0) is 6.18 Å². The predicted octanol–water partition coefficient (Wildman–Crippen LogP) is 3.21. The van der Waals surface area contributed by atoms with Crippen molar-refractivity contribution in [2.75, 3.05) is 7.05 Å². The Labute approximate surface area is 146 Å². The molecule has 9 heteroatoms. The Bertz CT molecular complexity index is 839. The van der Waals surface area contributed by atoms with Gasteiger partial charge in [0.2, 0.25) is 0 Å². The summed E-state index contributed by atoms with van der Waals surface area (Å²) >= 11 is 0. The number of amides is 1. The molecule has 1 aliphatic carbocycles. The molecule has 0 atom stereocenters. The molecule has 1 aromatic carbocycles. The molecule has 0 bridgehead atoms. The van der Waals surface area contributed by atoms with Crippen LogP contribution in [0.1, 0.15) is 45.7 Å². The summed E-state index contributed by atoms with van der Waals surface area (Å²) in [5.74, 6) is -1.92. The molecule has 6 nitrogen and oxygen atoms in total. The van der Waals surface area contributed by atoms with E-state index in [0.29, 0.717) is 16.4 Å². The number of hydrogen-bond acceptors (Lipinski definition) is 3. The van der Waals surface area contributed by atoms with E-state index in [1.54, 1.807) is 11.9 Å². The van der Waals surface area contributed by atoms with Gasteiger partial charge in [0.25, 0.3) is 5.91 Å². The number of carbonyl (C=O) groups is 2. The van der Waals surface area contributed by atoms with Crippen LogP contribution in [0, 0.1) is 0 Å². The van der Waals surface area contributed by atoms with Gasteiger partial charge in [0.15, 0.2) is 5.69 Å². The lowest BCUT2D eigenvalue weighted by atomic mass is 9.91. The number of hydrogen-bond donors (Lipinski definition) is 1. The van der Waals surface area contributed by atoms with Crippen molar-refractivity contribution < 1.29 is 27.9 Å². The van der Waals surface area contributed by atoms with Crippen molar-refractivity contribution in [1.29, 1.82) is 0 Å². The largest absolute Gasteiger partial charge is 0.478 e. The van der Waals surface area contributed by atoms with E-state index < -0.39 is 23.4 Å². The zero-order valence-corrected chi connectivity index (χ0v) is 13.8. The third-order valence-corrected chi connectivity index (χ3v) is 4.57. The molecule has 0 aliphatic heterocycles. The first kappa shape index (κ1) is 18.0. The summed E-state index contributed by atoms with van der Waals surface area (Å²) < 4.78 is 40.3. The van der Waals surface area contributed by atoms with Crippen molar-refractivity contribution in [3.8, 4) is 5.69 Å². The van der Waals surface area contributed by atoms with E-state index in [-0.39, 0.29) is 17.6 Å². The smallest absolute Gasteiger partial charge is 0.434 e. The van der Waals surface area contributed by atoms with Crippen molar-refractivity contribution in [3.63, 3.8) is 0 Å². The second-order valence-corrected chi connectivity index (χ2v) is 6.17. The number of carbonyl (C=O) groups excluding carboxylic acids is 1. The number of carboxylic acids is 1. The average Bonchev–Trinajstić information content (AvgIpc) is 2.98. The Morgan fingerprint density at radius 1 is 1.23 bits per heavy atom. The van der Waals surface area contributed by atoms with Crippen molar-refractivity contribution in [1.82, 2.24) is 14.7 Å². The Morgan fingerprint density at radius 2 is 1.85 bits per heavy atom. The molecule has 138 valence electrons. The SMILES string of the molecule is CN(C(=O)c1ccc(-n2ncc(C(=O)O)c2C(F)(F)F)cc1)C1CCC1. The molecule has 3 rings (SSSR count). The van der Waals surface area contributed by atoms with Gasteiger partial charge in [0.05, 0.1) is 11.9 Å². The highest BCUT2D eigenvalue weighted by Gasteiger charge is 2.40. The van der Waals surface area contributed by atoms with Crippen LogP contribution in [-0.4, -0.2) is 44.8 Å². The Hall–Kier alpha value is -2.84. The molecule has 0 spiro atoms. The van der Waals surface area contributed by atoms with Gasteiger partial charge in [-0.05, 0) is 43.5 Å². The zero-order chi connectivity index (χ0) is 19.1. The first-order chi connectivity index (χ1) is 12.2. The van der Waals surface area contributed by atoms with E-state index in [0.717, 1.165) is 19.3 Å². The van der Waals surface area contributed by atoms with Crippen molar-refractivity contribution >= 4 is 11.9 Å². The minimum atomic E-state index is -4.89. The normalized spacial score (nSPS) is 14.8. The topological polar surface area (TPSA) is 75.4 Å². The van der Waals surface area contributed by atoms with Crippen LogP contribution in [0.5, 0.6) is 0 Å². The van der Waals surface area contributed by atoms with Crippen molar-refractivity contribution in [2.45, 2.75) is 31.5 Å². The minimum absolute atomic E-state index is 0.0210. The van der Waals surface area contributed by atoms with Gasteiger partial charge in [-0.1, -0.05) is 0 Å². The Morgan fingerprint density at radius 3 is 2.31 bits per heavy atom. The van der Waals surface area contributed by atoms with Gasteiger partial charge in [-0.25, -0.2) is 9.48 Å². The lowest BCUT2D eigenvalue weighted by Gasteiger charge is -2.34. The molecule has 1 fully saturated rings. The van der Waals surface area contributed by atoms with Crippen LogP contribution in [0.2, 0.25) is 0 Å². The number of carboxylic acid groups (broad SMARTS) is 1. The number of aromatic nitrogens is 2. The fraction of sp³-hybridized carbons (Fsp3) is 0.353. The highest BCUT2D eigenvalue weighted by molar-refractivity contribution is 5.94. The van der Waals surface area contributed by atoms with Crippen LogP contribution in [0.4, 0.5) is 13.2 Å². The molecule has 1 aliphatic rings. The zero-order valence-electron chi connectivity index (χ0n) is 13.8. The van der Waals surface area contributed by atoms with Gasteiger partial charge < -0.3 is 10.0 Å². The van der Waals surface area contributed by atoms with E-state index in [2.05, 4.69) is 5.10 Å². The van der Waals surface area contributed by atoms with Gasteiger partial charge >= 0.3 is 12.1 Å². The molecule has 1 aromatic heterocycles. The van der Waals surface area contributed by atoms with Gasteiger partial charge in [0.1, 0.15) is 5.56 Å². The predicted molar refractivity (Wildman–Crippen MR) is 85.3 cm³/mol. The van der Waals surface area contributed by atoms with Gasteiger partial charge in [-0.2, -0.15) is 18.3 Å². The number of halogens is 3. The summed E-state index contributed by atoms with van der Waals surface area (Å²) in [6.45, 7) is 0. The van der Waals surface area contributed by atoms with E-state index in [1.807, 2.05) is 0 Å². The summed E-state index contributed by atoms with van der Waals surface area (Å²) in [6.07, 6.45) is -1.26. The quantitative estimate of drug-likeness (QED) is 0.900. The fourth-order valence-electron chi connectivity index (χ4n) is 2.86. The molecule has 2 aromatic rings. The lowest BCUT2D eigenvalue weighted by Crippen LogP contribution is -2.41. The second kappa shape index (κ2) is 6.47. The summed E-state index contributed by atoms with van der Waals surface area (Å²) in [7, 11) is 1.70. The lowest BCUT2D eigenvalue weighted by molar-refractivity contribution is -0.143. The van der Waals surface area contributed by atoms with E-state index >= 15 is 0 Å². The molecule has 26 heavy (non-hydrogen) atoms. The maximum Gasteiger partial charge on any atom is 0.434 e. The van der Waals surface area contributed by atoms with Gasteiger partial charge in [-0.15, -0.1) is 0 Å². The third-order valence-electron chi connectivity index (χ3n) is 4.57. The molecular formula is C17H16F3N3O3. The van der Waals surface area contributed by atoms with E-state index in [9.17, 15) is 22.8 Å². The van der Waals surface area contributed by atoms with Crippen LogP contribution < -0.4 is 0 Å². The Kier molecular flexibility index (Phi) is 4.47. The highest BCUT2D eigenvalue weighted by atomic mass is 19.4. The Balaban J connectivity index is 1.92. The second-order valence-electron chi connectivity index (χ2n) is 6.17. The highest BCUT2D eigenvalue weighted by Crippen LogP contribution is 2.33. The first-order valence-corrected chi connectivity index (χ1v) is 7.96. The summed E-state index contributed by atoms with van der Waals surface area (Å²) in [5.41, 5.74) is -1.92. The summed E-state index contributed by atoms with van der Waals surface area (Å²) in [4.78, 5) is 25.1. The van der Waals surface area contributed by atoms with Crippen molar-refractivity contribution in [2.24, 2.45) is 0 Å². The number of benzene rings is 1. The summed E-state index contributed by atoms with van der Waals surface area (Å²) in [6, 6.07) is 5.65. The number of alkyl halides is 3. The van der Waals surface area contributed by atoms with Gasteiger partial charge in [0, 0.05) is 18.7 Å². The molecule has 1 amide bonds. The molecule has 1 heterocycles. The monoisotopic (exact) mass is 367 g/mol. The fourth-order valence-corrected chi connectivity index (χ4v) is 2.86. The molecular weight excluding hydrogens is 351 g/mol. The van der Waals surface area contributed by atoms with E-state index in [1.165, 1.54) is 24.3 Å². The summed E-state index contributed by atoms with van der Waals surface area (Å²) in [5, 5.41) is 12.5. The standard InChI is InChI=1S/C17H16F3N3O3/c1-22(11-3-2-4-11)15(24)10-5-7-12(8-6-10)23-14(17(18,19)20)13(9-21-23)16(25)26/h5-9,11H,2-4H2,1H3,(H,25,26). The van der Waals surface area contributed by atoms with Crippen LogP contribution in [0.25, 0.3) is 5.69 Å². The third kappa shape index (κ3) is 3.16. The van der Waals surface area contributed by atoms with Crippen LogP contribution >= 0.6 is 0 Å². The van der Waals surface area contributed by atoms with Crippen LogP contribution in [0.15, 0.2) is 30.5 Å². The maximum absolute atomic E-state index is 13.3. The first-order valence-electron chi connectivity index (χ1n) is 7.96. The number of rotatable bonds is 4. The van der Waals surface area contributed by atoms with Gasteiger partial charge in [-0.3, -0.25) is 4.79 Å². The molecule has 0 radical (unpaired) electrons. The number of aromatic carboxylic acids is 1.